The van der Waals surface area contributed by atoms with Crippen LogP contribution < -0.4 is 0 Å². The Bertz CT molecular complexity index is 1210. The zero-order valence-corrected chi connectivity index (χ0v) is 16.7. The third-order valence-electron chi connectivity index (χ3n) is 5.36. The van der Waals surface area contributed by atoms with Crippen molar-refractivity contribution in [2.24, 2.45) is 0 Å². The summed E-state index contributed by atoms with van der Waals surface area (Å²) in [7, 11) is 0. The third-order valence-corrected chi connectivity index (χ3v) is 6.38. The molecule has 0 spiro atoms. The molecule has 1 aliphatic rings. The Morgan fingerprint density at radius 3 is 2.72 bits per heavy atom. The number of hydrogen-bond acceptors (Lipinski definition) is 4. The molecule has 1 aliphatic carbocycles. The minimum Gasteiger partial charge on any atom is -0.481 e. The van der Waals surface area contributed by atoms with E-state index in [2.05, 4.69) is 45.9 Å². The zero-order valence-electron chi connectivity index (χ0n) is 15.9. The Morgan fingerprint density at radius 1 is 1.10 bits per heavy atom. The number of aliphatic carboxylic acids is 1. The van der Waals surface area contributed by atoms with E-state index in [9.17, 15) is 4.79 Å². The van der Waals surface area contributed by atoms with Crippen molar-refractivity contribution in [1.29, 1.82) is 0 Å². The van der Waals surface area contributed by atoms with Gasteiger partial charge in [0.05, 0.1) is 11.2 Å². The van der Waals surface area contributed by atoms with Crippen molar-refractivity contribution >= 4 is 39.7 Å². The van der Waals surface area contributed by atoms with Crippen molar-refractivity contribution < 1.29 is 9.90 Å². The Balaban J connectivity index is 1.63. The predicted octanol–water partition coefficient (Wildman–Crippen LogP) is 5.41. The molecular formula is C23H21N3O2S. The Morgan fingerprint density at radius 2 is 1.93 bits per heavy atom. The SMILES string of the molecule is O=C(O)CCCSc1nc2ncccc2n1-c1ccc(C2CC2)c2ccccc12. The minimum absolute atomic E-state index is 0.171. The predicted molar refractivity (Wildman–Crippen MR) is 116 cm³/mol. The number of rotatable bonds is 7. The van der Waals surface area contributed by atoms with Gasteiger partial charge in [-0.25, -0.2) is 9.97 Å². The number of hydrogen-bond donors (Lipinski definition) is 1. The number of pyridine rings is 1. The van der Waals surface area contributed by atoms with E-state index in [0.717, 1.165) is 16.4 Å². The summed E-state index contributed by atoms with van der Waals surface area (Å²) < 4.78 is 2.17. The maximum atomic E-state index is 10.8. The molecule has 1 saturated carbocycles. The highest BCUT2D eigenvalue weighted by Gasteiger charge is 2.26. The average molecular weight is 404 g/mol. The summed E-state index contributed by atoms with van der Waals surface area (Å²) in [6.07, 6.45) is 5.08. The normalized spacial score (nSPS) is 13.9. The lowest BCUT2D eigenvalue weighted by molar-refractivity contribution is -0.137. The van der Waals surface area contributed by atoms with Gasteiger partial charge in [-0.1, -0.05) is 42.1 Å². The van der Waals surface area contributed by atoms with Crippen molar-refractivity contribution in [3.63, 3.8) is 0 Å². The first-order chi connectivity index (χ1) is 14.2. The molecule has 2 heterocycles. The Kier molecular flexibility index (Phi) is 4.72. The maximum Gasteiger partial charge on any atom is 0.303 e. The number of carboxylic acids is 1. The number of benzene rings is 2. The van der Waals surface area contributed by atoms with Crippen LogP contribution in [0.4, 0.5) is 0 Å². The van der Waals surface area contributed by atoms with E-state index in [1.165, 1.54) is 29.2 Å². The standard InChI is InChI=1S/C23H21N3O2S/c27-21(28)8-4-14-29-23-25-22-20(7-3-13-24-22)26(23)19-12-11-16(15-9-10-15)17-5-1-2-6-18(17)19/h1-3,5-7,11-13,15H,4,8-10,14H2,(H,27,28). The van der Waals surface area contributed by atoms with Crippen LogP contribution in [0.2, 0.25) is 0 Å². The number of nitrogens with zero attached hydrogens (tertiary/aromatic N) is 3. The van der Waals surface area contributed by atoms with Crippen molar-refractivity contribution in [3.05, 3.63) is 60.3 Å². The molecule has 5 rings (SSSR count). The topological polar surface area (TPSA) is 68.0 Å². The van der Waals surface area contributed by atoms with Gasteiger partial charge in [-0.05, 0) is 54.3 Å². The fraction of sp³-hybridized carbons (Fsp3) is 0.261. The van der Waals surface area contributed by atoms with Gasteiger partial charge in [0.1, 0.15) is 0 Å². The van der Waals surface area contributed by atoms with Crippen molar-refractivity contribution in [1.82, 2.24) is 14.5 Å². The summed E-state index contributed by atoms with van der Waals surface area (Å²) in [6, 6.07) is 17.0. The molecule has 29 heavy (non-hydrogen) atoms. The second kappa shape index (κ2) is 7.52. The van der Waals surface area contributed by atoms with Crippen molar-refractivity contribution in [2.75, 3.05) is 5.75 Å². The van der Waals surface area contributed by atoms with Gasteiger partial charge >= 0.3 is 5.97 Å². The molecule has 0 atom stereocenters. The number of carbonyl (C=O) groups is 1. The molecular weight excluding hydrogens is 382 g/mol. The van der Waals surface area contributed by atoms with Crippen LogP contribution in [-0.2, 0) is 4.79 Å². The van der Waals surface area contributed by atoms with E-state index in [1.54, 1.807) is 18.0 Å². The van der Waals surface area contributed by atoms with Crippen LogP contribution in [0.5, 0.6) is 0 Å². The minimum atomic E-state index is -0.762. The van der Waals surface area contributed by atoms with Gasteiger partial charge in [-0.2, -0.15) is 0 Å². The summed E-state index contributed by atoms with van der Waals surface area (Å²) >= 11 is 1.59. The summed E-state index contributed by atoms with van der Waals surface area (Å²) in [5.41, 5.74) is 4.21. The molecule has 2 aromatic heterocycles. The second-order valence-corrected chi connectivity index (χ2v) is 8.48. The van der Waals surface area contributed by atoms with Crippen LogP contribution in [0.1, 0.15) is 37.2 Å². The number of imidazole rings is 1. The quantitative estimate of drug-likeness (QED) is 0.330. The second-order valence-electron chi connectivity index (χ2n) is 7.42. The Labute approximate surface area is 172 Å². The van der Waals surface area contributed by atoms with Crippen LogP contribution in [-0.4, -0.2) is 31.4 Å². The number of carboxylic acid groups (broad SMARTS) is 1. The molecule has 1 fully saturated rings. The van der Waals surface area contributed by atoms with E-state index in [0.29, 0.717) is 23.7 Å². The first-order valence-corrected chi connectivity index (χ1v) is 10.9. The molecule has 0 bridgehead atoms. The summed E-state index contributed by atoms with van der Waals surface area (Å²) in [4.78, 5) is 20.0. The lowest BCUT2D eigenvalue weighted by Crippen LogP contribution is -2.00. The highest BCUT2D eigenvalue weighted by atomic mass is 32.2. The van der Waals surface area contributed by atoms with Crippen LogP contribution in [0.25, 0.3) is 27.6 Å². The lowest BCUT2D eigenvalue weighted by atomic mass is 9.99. The highest BCUT2D eigenvalue weighted by Crippen LogP contribution is 2.44. The maximum absolute atomic E-state index is 10.8. The van der Waals surface area contributed by atoms with Gasteiger partial charge in [0.25, 0.3) is 0 Å². The molecule has 0 amide bonds. The van der Waals surface area contributed by atoms with Crippen molar-refractivity contribution in [3.8, 4) is 5.69 Å². The molecule has 146 valence electrons. The number of aromatic nitrogens is 3. The molecule has 6 heteroatoms. The molecule has 0 saturated heterocycles. The van der Waals surface area contributed by atoms with E-state index < -0.39 is 5.97 Å². The largest absolute Gasteiger partial charge is 0.481 e. The highest BCUT2D eigenvalue weighted by molar-refractivity contribution is 7.99. The molecule has 0 radical (unpaired) electrons. The van der Waals surface area contributed by atoms with E-state index in [4.69, 9.17) is 10.1 Å². The Hall–Kier alpha value is -2.86. The van der Waals surface area contributed by atoms with Crippen LogP contribution in [0, 0.1) is 0 Å². The summed E-state index contributed by atoms with van der Waals surface area (Å²) in [6.45, 7) is 0. The van der Waals surface area contributed by atoms with E-state index in [1.807, 2.05) is 12.1 Å². The van der Waals surface area contributed by atoms with Gasteiger partial charge in [0.15, 0.2) is 10.8 Å². The first kappa shape index (κ1) is 18.2. The summed E-state index contributed by atoms with van der Waals surface area (Å²) in [5, 5.41) is 12.3. The van der Waals surface area contributed by atoms with Gasteiger partial charge in [-0.3, -0.25) is 9.36 Å². The lowest BCUT2D eigenvalue weighted by Gasteiger charge is -2.14. The van der Waals surface area contributed by atoms with Gasteiger partial charge in [0, 0.05) is 23.8 Å². The third kappa shape index (κ3) is 3.49. The molecule has 5 nitrogen and oxygen atoms in total. The van der Waals surface area contributed by atoms with Gasteiger partial charge < -0.3 is 5.11 Å². The molecule has 0 unspecified atom stereocenters. The van der Waals surface area contributed by atoms with Crippen LogP contribution in [0.3, 0.4) is 0 Å². The number of fused-ring (bicyclic) bond motifs is 2. The number of thioether (sulfide) groups is 1. The fourth-order valence-corrected chi connectivity index (χ4v) is 4.81. The van der Waals surface area contributed by atoms with Crippen LogP contribution in [0.15, 0.2) is 59.9 Å². The van der Waals surface area contributed by atoms with Crippen LogP contribution >= 0.6 is 11.8 Å². The van der Waals surface area contributed by atoms with E-state index in [-0.39, 0.29) is 6.42 Å². The van der Waals surface area contributed by atoms with Gasteiger partial charge in [0.2, 0.25) is 0 Å². The molecule has 2 aromatic carbocycles. The fourth-order valence-electron chi connectivity index (χ4n) is 3.86. The van der Waals surface area contributed by atoms with Gasteiger partial charge in [-0.15, -0.1) is 0 Å². The first-order valence-electron chi connectivity index (χ1n) is 9.92. The smallest absolute Gasteiger partial charge is 0.303 e. The molecule has 0 aliphatic heterocycles. The zero-order chi connectivity index (χ0) is 19.8. The molecule has 1 N–H and O–H groups in total. The monoisotopic (exact) mass is 403 g/mol. The molecule has 4 aromatic rings. The van der Waals surface area contributed by atoms with Crippen molar-refractivity contribution in [2.45, 2.75) is 36.8 Å². The average Bonchev–Trinajstić information content (AvgIpc) is 3.51. The van der Waals surface area contributed by atoms with E-state index >= 15 is 0 Å². The summed E-state index contributed by atoms with van der Waals surface area (Å²) in [5.74, 6) is 0.621.